The molecule has 2 aliphatic rings. The number of ether oxygens (including phenoxy) is 4. The van der Waals surface area contributed by atoms with E-state index in [1.165, 1.54) is 22.3 Å². The third kappa shape index (κ3) is 3.13. The molecule has 0 unspecified atom stereocenters. The number of allylic oxidation sites excluding steroid dienone is 2. The molecule has 2 aromatic rings. The van der Waals surface area contributed by atoms with Gasteiger partial charge in [0.25, 0.3) is 0 Å². The molecule has 0 amide bonds. The fourth-order valence-electron chi connectivity index (χ4n) is 4.27. The zero-order valence-electron chi connectivity index (χ0n) is 16.9. The quantitative estimate of drug-likeness (QED) is 0.673. The summed E-state index contributed by atoms with van der Waals surface area (Å²) in [6.45, 7) is 0. The molecule has 0 bridgehead atoms. The van der Waals surface area contributed by atoms with Crippen molar-refractivity contribution in [2.45, 2.75) is 25.7 Å². The highest BCUT2D eigenvalue weighted by Gasteiger charge is 2.23. The van der Waals surface area contributed by atoms with Crippen LogP contribution in [0, 0.1) is 0 Å². The Morgan fingerprint density at radius 1 is 0.571 bits per heavy atom. The molecular weight excluding hydrogens is 352 g/mol. The lowest BCUT2D eigenvalue weighted by atomic mass is 10.0. The van der Waals surface area contributed by atoms with Crippen molar-refractivity contribution in [2.75, 3.05) is 28.4 Å². The molecule has 0 atom stereocenters. The van der Waals surface area contributed by atoms with Crippen molar-refractivity contribution >= 4 is 12.2 Å². The first-order valence-electron chi connectivity index (χ1n) is 9.55. The van der Waals surface area contributed by atoms with E-state index in [1.54, 1.807) is 28.4 Å². The predicted octanol–water partition coefficient (Wildman–Crippen LogP) is 5.08. The molecule has 0 spiro atoms. The maximum absolute atomic E-state index is 5.55. The van der Waals surface area contributed by atoms with Crippen LogP contribution in [-0.2, 0) is 12.8 Å². The first kappa shape index (κ1) is 18.5. The van der Waals surface area contributed by atoms with Crippen LogP contribution in [0.1, 0.15) is 35.1 Å². The van der Waals surface area contributed by atoms with E-state index in [-0.39, 0.29) is 0 Å². The van der Waals surface area contributed by atoms with E-state index >= 15 is 0 Å². The van der Waals surface area contributed by atoms with Crippen LogP contribution in [-0.4, -0.2) is 28.4 Å². The fourth-order valence-corrected chi connectivity index (χ4v) is 4.27. The first-order chi connectivity index (χ1) is 13.7. The van der Waals surface area contributed by atoms with E-state index in [1.807, 2.05) is 24.3 Å². The van der Waals surface area contributed by atoms with Gasteiger partial charge in [0.2, 0.25) is 0 Å². The van der Waals surface area contributed by atoms with Crippen molar-refractivity contribution in [3.63, 3.8) is 0 Å². The molecule has 0 saturated heterocycles. The van der Waals surface area contributed by atoms with Crippen LogP contribution in [0.3, 0.4) is 0 Å². The molecule has 0 saturated carbocycles. The van der Waals surface area contributed by atoms with Crippen LogP contribution in [0.2, 0.25) is 0 Å². The van der Waals surface area contributed by atoms with Crippen LogP contribution >= 0.6 is 0 Å². The van der Waals surface area contributed by atoms with Gasteiger partial charge in [-0.3, -0.25) is 0 Å². The van der Waals surface area contributed by atoms with Gasteiger partial charge >= 0.3 is 0 Å². The van der Waals surface area contributed by atoms with E-state index in [0.29, 0.717) is 0 Å². The Kier molecular flexibility index (Phi) is 5.03. The lowest BCUT2D eigenvalue weighted by Gasteiger charge is -2.11. The van der Waals surface area contributed by atoms with Gasteiger partial charge in [0.1, 0.15) is 23.0 Å². The Morgan fingerprint density at radius 3 is 1.29 bits per heavy atom. The summed E-state index contributed by atoms with van der Waals surface area (Å²) in [6.07, 6.45) is 8.41. The van der Waals surface area contributed by atoms with Gasteiger partial charge in [-0.1, -0.05) is 23.3 Å². The van der Waals surface area contributed by atoms with Crippen molar-refractivity contribution in [1.29, 1.82) is 0 Å². The van der Waals surface area contributed by atoms with Crippen LogP contribution < -0.4 is 18.9 Å². The van der Waals surface area contributed by atoms with E-state index < -0.39 is 0 Å². The first-order valence-corrected chi connectivity index (χ1v) is 9.55. The van der Waals surface area contributed by atoms with Crippen molar-refractivity contribution < 1.29 is 18.9 Å². The summed E-state index contributed by atoms with van der Waals surface area (Å²) in [7, 11) is 6.88. The molecule has 4 heteroatoms. The summed E-state index contributed by atoms with van der Waals surface area (Å²) in [6, 6.07) is 7.93. The smallest absolute Gasteiger partial charge is 0.126 e. The standard InChI is InChI=1S/C24H26O4/c1-25-21-7-8-22(26-2)18-12-15(11-17(18)21)5-6-16-13-19-20(14-16)24(28-4)10-9-23(19)27-3/h7-11,13H,5-6,12,14H2,1-4H3. The second-order valence-electron chi connectivity index (χ2n) is 7.18. The maximum atomic E-state index is 5.55. The summed E-state index contributed by atoms with van der Waals surface area (Å²) in [4.78, 5) is 0. The Balaban J connectivity index is 1.50. The number of hydrogen-bond acceptors (Lipinski definition) is 4. The number of fused-ring (bicyclic) bond motifs is 2. The molecule has 2 aromatic carbocycles. The molecule has 4 rings (SSSR count). The minimum Gasteiger partial charge on any atom is -0.496 e. The fraction of sp³-hybridized carbons (Fsp3) is 0.333. The molecule has 0 aromatic heterocycles. The summed E-state index contributed by atoms with van der Waals surface area (Å²) in [5, 5.41) is 0. The third-order valence-corrected chi connectivity index (χ3v) is 5.70. The molecule has 0 N–H and O–H groups in total. The van der Waals surface area contributed by atoms with Crippen molar-refractivity contribution in [2.24, 2.45) is 0 Å². The third-order valence-electron chi connectivity index (χ3n) is 5.70. The lowest BCUT2D eigenvalue weighted by molar-refractivity contribution is 0.399. The Hall–Kier alpha value is -2.88. The highest BCUT2D eigenvalue weighted by Crippen LogP contribution is 2.42. The SMILES string of the molecule is COc1ccc(OC)c2c1C=C(CCC1=Cc3c(OC)ccc(OC)c3C1)C2. The summed E-state index contributed by atoms with van der Waals surface area (Å²) < 4.78 is 22.2. The molecule has 4 nitrogen and oxygen atoms in total. The maximum Gasteiger partial charge on any atom is 0.126 e. The Morgan fingerprint density at radius 2 is 0.929 bits per heavy atom. The van der Waals surface area contributed by atoms with Gasteiger partial charge in [0.15, 0.2) is 0 Å². The van der Waals surface area contributed by atoms with Crippen molar-refractivity contribution in [3.05, 3.63) is 57.7 Å². The summed E-state index contributed by atoms with van der Waals surface area (Å²) in [5.41, 5.74) is 7.59. The second-order valence-corrected chi connectivity index (χ2v) is 7.18. The number of benzene rings is 2. The molecule has 0 aliphatic heterocycles. The topological polar surface area (TPSA) is 36.9 Å². The van der Waals surface area contributed by atoms with Gasteiger partial charge in [0, 0.05) is 22.3 Å². The van der Waals surface area contributed by atoms with E-state index in [2.05, 4.69) is 12.2 Å². The van der Waals surface area contributed by atoms with Gasteiger partial charge in [-0.25, -0.2) is 0 Å². The molecular formula is C24H26O4. The van der Waals surface area contributed by atoms with Crippen LogP contribution in [0.25, 0.3) is 12.2 Å². The zero-order valence-corrected chi connectivity index (χ0v) is 16.9. The molecule has 0 fully saturated rings. The average Bonchev–Trinajstić information content (AvgIpc) is 3.35. The number of methoxy groups -OCH3 is 4. The summed E-state index contributed by atoms with van der Waals surface area (Å²) in [5.74, 6) is 3.69. The summed E-state index contributed by atoms with van der Waals surface area (Å²) >= 11 is 0. The highest BCUT2D eigenvalue weighted by molar-refractivity contribution is 5.74. The van der Waals surface area contributed by atoms with Gasteiger partial charge in [-0.15, -0.1) is 0 Å². The number of hydrogen-bond donors (Lipinski definition) is 0. The largest absolute Gasteiger partial charge is 0.496 e. The average molecular weight is 378 g/mol. The Labute approximate surface area is 166 Å². The monoisotopic (exact) mass is 378 g/mol. The zero-order chi connectivity index (χ0) is 19.7. The highest BCUT2D eigenvalue weighted by atomic mass is 16.5. The Bertz CT molecular complexity index is 890. The molecule has 28 heavy (non-hydrogen) atoms. The van der Waals surface area contributed by atoms with Crippen molar-refractivity contribution in [3.8, 4) is 23.0 Å². The van der Waals surface area contributed by atoms with E-state index in [4.69, 9.17) is 18.9 Å². The molecule has 0 radical (unpaired) electrons. The second kappa shape index (κ2) is 7.63. The van der Waals surface area contributed by atoms with Gasteiger partial charge in [0.05, 0.1) is 28.4 Å². The molecule has 2 aliphatic carbocycles. The van der Waals surface area contributed by atoms with E-state index in [0.717, 1.165) is 59.8 Å². The predicted molar refractivity (Wildman–Crippen MR) is 112 cm³/mol. The van der Waals surface area contributed by atoms with Gasteiger partial charge in [-0.2, -0.15) is 0 Å². The normalized spacial score (nSPS) is 14.1. The van der Waals surface area contributed by atoms with Gasteiger partial charge in [-0.05, 0) is 49.9 Å². The molecule has 0 heterocycles. The lowest BCUT2D eigenvalue weighted by Crippen LogP contribution is -1.96. The number of rotatable bonds is 7. The molecule has 146 valence electrons. The van der Waals surface area contributed by atoms with Crippen LogP contribution in [0.4, 0.5) is 0 Å². The van der Waals surface area contributed by atoms with E-state index in [9.17, 15) is 0 Å². The van der Waals surface area contributed by atoms with Gasteiger partial charge < -0.3 is 18.9 Å². The van der Waals surface area contributed by atoms with Crippen LogP contribution in [0.5, 0.6) is 23.0 Å². The minimum absolute atomic E-state index is 0.910. The van der Waals surface area contributed by atoms with Crippen molar-refractivity contribution in [1.82, 2.24) is 0 Å². The van der Waals surface area contributed by atoms with Crippen LogP contribution in [0.15, 0.2) is 35.4 Å². The minimum atomic E-state index is 0.910.